The van der Waals surface area contributed by atoms with Gasteiger partial charge >= 0.3 is 5.69 Å². The van der Waals surface area contributed by atoms with Crippen molar-refractivity contribution in [3.05, 3.63) is 58.0 Å². The number of morpholine rings is 1. The molecule has 10 nitrogen and oxygen atoms in total. The fourth-order valence-electron chi connectivity index (χ4n) is 3.81. The number of aliphatic hydroxyl groups is 1. The number of nitro benzene ring substituents is 1. The number of halogens is 1. The van der Waals surface area contributed by atoms with Crippen LogP contribution in [0.4, 0.5) is 21.5 Å². The number of carbonyl (C=O) groups is 1. The topological polar surface area (TPSA) is 123 Å². The number of benzene rings is 2. The highest BCUT2D eigenvalue weighted by Gasteiger charge is 2.24. The fraction of sp³-hybridized carbons (Fsp3) is 0.391. The summed E-state index contributed by atoms with van der Waals surface area (Å²) in [6.07, 6.45) is 2.32. The predicted molar refractivity (Wildman–Crippen MR) is 125 cm³/mol. The lowest BCUT2D eigenvalue weighted by Gasteiger charge is -2.30. The van der Waals surface area contributed by atoms with Gasteiger partial charge in [0.05, 0.1) is 46.2 Å². The summed E-state index contributed by atoms with van der Waals surface area (Å²) in [6.45, 7) is 6.19. The Morgan fingerprint density at radius 1 is 1.32 bits per heavy atom. The molecule has 0 unspecified atom stereocenters. The molecule has 4 rings (SSSR count). The van der Waals surface area contributed by atoms with E-state index in [2.05, 4.69) is 10.4 Å². The van der Waals surface area contributed by atoms with E-state index in [1.54, 1.807) is 24.6 Å². The molecular formula is C23H26FN5O5. The monoisotopic (exact) mass is 471 g/mol. The summed E-state index contributed by atoms with van der Waals surface area (Å²) in [5.41, 5.74) is -0.168. The summed E-state index contributed by atoms with van der Waals surface area (Å²) in [5, 5.41) is 29.2. The van der Waals surface area contributed by atoms with Crippen LogP contribution in [0, 0.1) is 15.9 Å². The average Bonchev–Trinajstić information content (AvgIpc) is 3.19. The lowest BCUT2D eigenvalue weighted by atomic mass is 10.1. The van der Waals surface area contributed by atoms with E-state index in [4.69, 9.17) is 4.74 Å². The van der Waals surface area contributed by atoms with Crippen LogP contribution in [0.2, 0.25) is 0 Å². The van der Waals surface area contributed by atoms with E-state index < -0.39 is 33.5 Å². The molecule has 3 aromatic rings. The van der Waals surface area contributed by atoms with Crippen molar-refractivity contribution >= 4 is 33.9 Å². The van der Waals surface area contributed by atoms with Crippen molar-refractivity contribution in [1.29, 1.82) is 0 Å². The van der Waals surface area contributed by atoms with Gasteiger partial charge < -0.3 is 20.1 Å². The molecule has 0 bridgehead atoms. The molecule has 1 aliphatic rings. The number of hydrogen-bond acceptors (Lipinski definition) is 7. The minimum Gasteiger partial charge on any atom is -0.390 e. The van der Waals surface area contributed by atoms with Gasteiger partial charge in [-0.05, 0) is 38.5 Å². The number of anilines is 2. The quantitative estimate of drug-likeness (QED) is 0.400. The Balaban J connectivity index is 1.70. The normalized spacial score (nSPS) is 14.4. The first-order valence-electron chi connectivity index (χ1n) is 10.9. The molecule has 1 saturated heterocycles. The third-order valence-corrected chi connectivity index (χ3v) is 5.64. The van der Waals surface area contributed by atoms with Gasteiger partial charge in [0.15, 0.2) is 0 Å². The number of aryl methyl sites for hydroxylation is 1. The van der Waals surface area contributed by atoms with Crippen LogP contribution in [-0.4, -0.2) is 57.6 Å². The highest BCUT2D eigenvalue weighted by atomic mass is 19.1. The molecule has 2 N–H and O–H groups in total. The molecule has 2 aromatic carbocycles. The number of aromatic nitrogens is 2. The molecule has 1 aromatic heterocycles. The van der Waals surface area contributed by atoms with Crippen LogP contribution in [0.25, 0.3) is 10.9 Å². The Bertz CT molecular complexity index is 1230. The van der Waals surface area contributed by atoms with Gasteiger partial charge in [0.1, 0.15) is 0 Å². The van der Waals surface area contributed by atoms with E-state index in [1.165, 1.54) is 12.1 Å². The largest absolute Gasteiger partial charge is 0.390 e. The van der Waals surface area contributed by atoms with Crippen molar-refractivity contribution in [3.63, 3.8) is 0 Å². The van der Waals surface area contributed by atoms with Crippen molar-refractivity contribution in [3.8, 4) is 0 Å². The molecule has 0 saturated carbocycles. The van der Waals surface area contributed by atoms with Gasteiger partial charge in [-0.25, -0.2) is 0 Å². The number of nitrogens with one attached hydrogen (secondary N) is 1. The van der Waals surface area contributed by atoms with Crippen LogP contribution in [0.3, 0.4) is 0 Å². The van der Waals surface area contributed by atoms with Crippen LogP contribution in [0.5, 0.6) is 0 Å². The van der Waals surface area contributed by atoms with Gasteiger partial charge in [-0.2, -0.15) is 9.49 Å². The predicted octanol–water partition coefficient (Wildman–Crippen LogP) is 3.33. The van der Waals surface area contributed by atoms with Gasteiger partial charge in [-0.1, -0.05) is 6.07 Å². The van der Waals surface area contributed by atoms with Crippen LogP contribution < -0.4 is 10.2 Å². The summed E-state index contributed by atoms with van der Waals surface area (Å²) in [7, 11) is 0. The molecule has 0 atom stereocenters. The van der Waals surface area contributed by atoms with Crippen molar-refractivity contribution in [2.45, 2.75) is 32.4 Å². The molecule has 0 spiro atoms. The van der Waals surface area contributed by atoms with Crippen LogP contribution in [0.15, 0.2) is 36.5 Å². The first kappa shape index (κ1) is 23.6. The molecule has 1 fully saturated rings. The fourth-order valence-corrected chi connectivity index (χ4v) is 3.81. The smallest absolute Gasteiger partial charge is 0.305 e. The Hall–Kier alpha value is -3.57. The molecule has 11 heteroatoms. The van der Waals surface area contributed by atoms with Crippen LogP contribution >= 0.6 is 0 Å². The molecular weight excluding hydrogens is 445 g/mol. The zero-order valence-electron chi connectivity index (χ0n) is 19.0. The second-order valence-corrected chi connectivity index (χ2v) is 8.83. The first-order chi connectivity index (χ1) is 16.1. The molecule has 2 heterocycles. The lowest BCUT2D eigenvalue weighted by molar-refractivity contribution is -0.387. The third kappa shape index (κ3) is 5.15. The number of carbonyl (C=O) groups excluding carboxylic acids is 1. The number of nitrogens with zero attached hydrogens (tertiary/aromatic N) is 4. The average molecular weight is 471 g/mol. The van der Waals surface area contributed by atoms with Crippen LogP contribution in [-0.2, 0) is 11.3 Å². The number of amides is 1. The highest BCUT2D eigenvalue weighted by Crippen LogP contribution is 2.33. The maximum absolute atomic E-state index is 14.6. The van der Waals surface area contributed by atoms with E-state index in [0.717, 1.165) is 11.5 Å². The van der Waals surface area contributed by atoms with Gasteiger partial charge in [0.25, 0.3) is 5.91 Å². The number of hydrogen-bond donors (Lipinski definition) is 2. The van der Waals surface area contributed by atoms with E-state index in [0.29, 0.717) is 56.2 Å². The van der Waals surface area contributed by atoms with E-state index >= 15 is 0 Å². The minimum atomic E-state index is -1.18. The molecule has 0 radical (unpaired) electrons. The van der Waals surface area contributed by atoms with Gasteiger partial charge in [-0.15, -0.1) is 0 Å². The van der Waals surface area contributed by atoms with Crippen molar-refractivity contribution in [2.24, 2.45) is 0 Å². The lowest BCUT2D eigenvalue weighted by Crippen LogP contribution is -2.36. The Morgan fingerprint density at radius 3 is 2.74 bits per heavy atom. The number of nitro groups is 1. The molecule has 34 heavy (non-hydrogen) atoms. The second kappa shape index (κ2) is 9.35. The summed E-state index contributed by atoms with van der Waals surface area (Å²) in [6, 6.07) is 7.09. The highest BCUT2D eigenvalue weighted by molar-refractivity contribution is 6.08. The molecule has 1 aliphatic heterocycles. The van der Waals surface area contributed by atoms with Crippen LogP contribution in [0.1, 0.15) is 30.6 Å². The summed E-state index contributed by atoms with van der Waals surface area (Å²) >= 11 is 0. The Kier molecular flexibility index (Phi) is 6.49. The Morgan fingerprint density at radius 2 is 2.06 bits per heavy atom. The Labute approximate surface area is 195 Å². The van der Waals surface area contributed by atoms with E-state index in [9.17, 15) is 24.4 Å². The summed E-state index contributed by atoms with van der Waals surface area (Å²) < 4.78 is 21.8. The van der Waals surface area contributed by atoms with E-state index in [-0.39, 0.29) is 0 Å². The number of ether oxygens (including phenoxy) is 1. The van der Waals surface area contributed by atoms with Crippen molar-refractivity contribution < 1.29 is 24.0 Å². The molecule has 1 amide bonds. The van der Waals surface area contributed by atoms with Gasteiger partial charge in [0, 0.05) is 37.3 Å². The van der Waals surface area contributed by atoms with Crippen molar-refractivity contribution in [2.75, 3.05) is 36.5 Å². The first-order valence-corrected chi connectivity index (χ1v) is 10.9. The van der Waals surface area contributed by atoms with Gasteiger partial charge in [-0.3, -0.25) is 19.6 Å². The van der Waals surface area contributed by atoms with Crippen molar-refractivity contribution in [1.82, 2.24) is 9.78 Å². The molecule has 180 valence electrons. The maximum Gasteiger partial charge on any atom is 0.305 e. The zero-order valence-corrected chi connectivity index (χ0v) is 19.0. The SMILES string of the molecule is CC(C)(O)CCn1cc2cc(NC(=O)c3cccc([N+](=O)[O-])c3F)c(N3CCOCC3)cc2n1. The number of rotatable bonds is 7. The minimum absolute atomic E-state index is 0.414. The standard InChI is InChI=1S/C23H26FN5O5/c1-23(2,31)6-7-28-14-15-12-18(20(13-17(15)26-28)27-8-10-34-11-9-27)25-22(30)16-4-3-5-19(21(16)24)29(32)33/h3-5,12-14,31H,6-11H2,1-2H3,(H,25,30). The molecule has 0 aliphatic carbocycles. The summed E-state index contributed by atoms with van der Waals surface area (Å²) in [5.74, 6) is -1.97. The summed E-state index contributed by atoms with van der Waals surface area (Å²) in [4.78, 5) is 25.2. The maximum atomic E-state index is 14.6. The zero-order chi connectivity index (χ0) is 24.5. The van der Waals surface area contributed by atoms with E-state index in [1.807, 2.05) is 17.2 Å². The third-order valence-electron chi connectivity index (χ3n) is 5.64. The second-order valence-electron chi connectivity index (χ2n) is 8.83. The number of fused-ring (bicyclic) bond motifs is 1. The van der Waals surface area contributed by atoms with Gasteiger partial charge in [0.2, 0.25) is 5.82 Å².